The summed E-state index contributed by atoms with van der Waals surface area (Å²) >= 11 is 9.24. The Morgan fingerprint density at radius 3 is 2.50 bits per heavy atom. The van der Waals surface area contributed by atoms with E-state index in [9.17, 15) is 9.18 Å². The first-order valence-electron chi connectivity index (χ1n) is 9.14. The van der Waals surface area contributed by atoms with E-state index in [1.165, 1.54) is 28.7 Å². The van der Waals surface area contributed by atoms with Crippen LogP contribution in [0.25, 0.3) is 20.3 Å². The van der Waals surface area contributed by atoms with Crippen molar-refractivity contribution in [3.63, 3.8) is 0 Å². The molecule has 4 rings (SSSR count). The van der Waals surface area contributed by atoms with Gasteiger partial charge < -0.3 is 4.90 Å². The van der Waals surface area contributed by atoms with E-state index in [0.29, 0.717) is 31.8 Å². The molecule has 2 aromatic heterocycles. The second kappa shape index (κ2) is 9.58. The number of amides is 1. The maximum Gasteiger partial charge on any atom is 0.271 e. The maximum absolute atomic E-state index is 14.2. The first-order chi connectivity index (χ1) is 14.0. The minimum Gasteiger partial charge on any atom is -0.309 e. The molecule has 0 saturated heterocycles. The predicted molar refractivity (Wildman–Crippen MR) is 129 cm³/mol. The second-order valence-electron chi connectivity index (χ2n) is 6.94. The first kappa shape index (κ1) is 22.9. The van der Waals surface area contributed by atoms with Gasteiger partial charge in [-0.25, -0.2) is 9.37 Å². The van der Waals surface area contributed by atoms with Crippen molar-refractivity contribution in [1.29, 1.82) is 0 Å². The Bertz CT molecular complexity index is 1190. The van der Waals surface area contributed by atoms with Gasteiger partial charge in [0, 0.05) is 16.6 Å². The molecule has 158 valence electrons. The third kappa shape index (κ3) is 4.45. The number of para-hydroxylation sites is 1. The lowest BCUT2D eigenvalue weighted by molar-refractivity contribution is 0.0990. The summed E-state index contributed by atoms with van der Waals surface area (Å²) in [6.45, 7) is 1.30. The Kier molecular flexibility index (Phi) is 7.31. The molecule has 0 radical (unpaired) electrons. The molecule has 1 amide bonds. The molecule has 0 aliphatic rings. The van der Waals surface area contributed by atoms with Crippen LogP contribution >= 0.6 is 46.7 Å². The van der Waals surface area contributed by atoms with Crippen LogP contribution in [0.2, 0.25) is 5.02 Å². The Hall–Kier alpha value is -1.77. The van der Waals surface area contributed by atoms with Crippen molar-refractivity contribution in [3.8, 4) is 0 Å². The van der Waals surface area contributed by atoms with Gasteiger partial charge in [0.2, 0.25) is 0 Å². The molecule has 4 nitrogen and oxygen atoms in total. The summed E-state index contributed by atoms with van der Waals surface area (Å²) in [6.07, 6.45) is 0.764. The number of nitrogens with zero attached hydrogens (tertiary/aromatic N) is 3. The van der Waals surface area contributed by atoms with E-state index in [-0.39, 0.29) is 24.1 Å². The van der Waals surface area contributed by atoms with Gasteiger partial charge >= 0.3 is 0 Å². The van der Waals surface area contributed by atoms with Crippen LogP contribution in [0, 0.1) is 5.82 Å². The summed E-state index contributed by atoms with van der Waals surface area (Å²) < 4.78 is 15.8. The lowest BCUT2D eigenvalue weighted by atomic mass is 10.2. The van der Waals surface area contributed by atoms with Crippen LogP contribution in [0.3, 0.4) is 0 Å². The van der Waals surface area contributed by atoms with Crippen molar-refractivity contribution in [2.45, 2.75) is 6.42 Å². The van der Waals surface area contributed by atoms with Gasteiger partial charge in [-0.05, 0) is 45.3 Å². The number of hydrogen-bond donors (Lipinski definition) is 0. The number of fused-ring (bicyclic) bond motifs is 2. The van der Waals surface area contributed by atoms with E-state index in [0.717, 1.165) is 23.1 Å². The highest BCUT2D eigenvalue weighted by Crippen LogP contribution is 2.38. The van der Waals surface area contributed by atoms with Gasteiger partial charge in [0.15, 0.2) is 5.13 Å². The second-order valence-corrected chi connectivity index (χ2v) is 9.38. The Morgan fingerprint density at radius 1 is 1.07 bits per heavy atom. The van der Waals surface area contributed by atoms with E-state index in [4.69, 9.17) is 11.6 Å². The molecule has 0 fully saturated rings. The number of benzene rings is 2. The number of hydrogen-bond acceptors (Lipinski definition) is 5. The molecule has 2 aromatic carbocycles. The van der Waals surface area contributed by atoms with Gasteiger partial charge in [0.25, 0.3) is 5.91 Å². The van der Waals surface area contributed by atoms with Gasteiger partial charge in [-0.3, -0.25) is 9.69 Å². The van der Waals surface area contributed by atoms with Gasteiger partial charge in [-0.1, -0.05) is 47.2 Å². The van der Waals surface area contributed by atoms with Crippen LogP contribution in [-0.2, 0) is 0 Å². The van der Waals surface area contributed by atoms with E-state index in [1.54, 1.807) is 11.0 Å². The number of halogens is 3. The average molecular weight is 484 g/mol. The quantitative estimate of drug-likeness (QED) is 0.321. The molecule has 4 aromatic rings. The Labute approximate surface area is 193 Å². The van der Waals surface area contributed by atoms with Crippen molar-refractivity contribution < 1.29 is 9.18 Å². The summed E-state index contributed by atoms with van der Waals surface area (Å²) in [5, 5.41) is 1.81. The fourth-order valence-corrected chi connectivity index (χ4v) is 5.59. The molecule has 0 atom stereocenters. The molecular formula is C21H20Cl2FN3OS2. The van der Waals surface area contributed by atoms with Crippen LogP contribution in [-0.4, -0.2) is 43.0 Å². The first-order valence-corrected chi connectivity index (χ1v) is 11.2. The normalized spacial score (nSPS) is 11.2. The molecule has 30 heavy (non-hydrogen) atoms. The van der Waals surface area contributed by atoms with E-state index in [1.807, 2.05) is 44.4 Å². The molecule has 0 aliphatic heterocycles. The number of thiazole rings is 1. The summed E-state index contributed by atoms with van der Waals surface area (Å²) in [7, 11) is 3.98. The number of thiophene rings is 1. The lowest BCUT2D eigenvalue weighted by Gasteiger charge is -2.20. The molecule has 0 N–H and O–H groups in total. The van der Waals surface area contributed by atoms with Gasteiger partial charge in [0.1, 0.15) is 16.2 Å². The van der Waals surface area contributed by atoms with Gasteiger partial charge in [-0.2, -0.15) is 0 Å². The summed E-state index contributed by atoms with van der Waals surface area (Å²) in [4.78, 5) is 22.1. The highest BCUT2D eigenvalue weighted by molar-refractivity contribution is 7.23. The zero-order valence-electron chi connectivity index (χ0n) is 16.4. The van der Waals surface area contributed by atoms with E-state index >= 15 is 0 Å². The van der Waals surface area contributed by atoms with Crippen LogP contribution in [0.5, 0.6) is 0 Å². The summed E-state index contributed by atoms with van der Waals surface area (Å²) in [5.41, 5.74) is 0.292. The number of aromatic nitrogens is 1. The topological polar surface area (TPSA) is 36.4 Å². The number of carbonyl (C=O) groups excluding carboxylic acids is 1. The zero-order valence-corrected chi connectivity index (χ0v) is 19.6. The number of rotatable bonds is 6. The van der Waals surface area contributed by atoms with E-state index < -0.39 is 0 Å². The third-order valence-corrected chi connectivity index (χ3v) is 7.26. The standard InChI is InChI=1S/C21H19ClFN3OS2.ClH/c1-25(2)11-6-12-26(21-24-18-14(23)8-5-10-16(18)29-21)20(27)19-17(22)13-7-3-4-9-15(13)28-19;/h3-5,7-10H,6,11-12H2,1-2H3;1H. The van der Waals surface area contributed by atoms with Crippen LogP contribution < -0.4 is 4.90 Å². The largest absolute Gasteiger partial charge is 0.309 e. The molecule has 2 heterocycles. The van der Waals surface area contributed by atoms with Crippen molar-refractivity contribution >= 4 is 78.0 Å². The molecular weight excluding hydrogens is 464 g/mol. The third-order valence-electron chi connectivity index (χ3n) is 4.55. The molecule has 0 aliphatic carbocycles. The predicted octanol–water partition coefficient (Wildman–Crippen LogP) is 6.32. The van der Waals surface area contributed by atoms with E-state index in [2.05, 4.69) is 9.88 Å². The van der Waals surface area contributed by atoms with Crippen molar-refractivity contribution in [2.24, 2.45) is 0 Å². The minimum absolute atomic E-state index is 0. The van der Waals surface area contributed by atoms with Crippen molar-refractivity contribution in [2.75, 3.05) is 32.1 Å². The molecule has 0 bridgehead atoms. The SMILES string of the molecule is CN(C)CCCN(C(=O)c1sc2ccccc2c1Cl)c1nc2c(F)cccc2s1.Cl. The average Bonchev–Trinajstić information content (AvgIpc) is 3.27. The molecule has 9 heteroatoms. The minimum atomic E-state index is -0.384. The fourth-order valence-electron chi connectivity index (χ4n) is 3.12. The zero-order chi connectivity index (χ0) is 20.5. The van der Waals surface area contributed by atoms with Crippen LogP contribution in [0.4, 0.5) is 9.52 Å². The van der Waals surface area contributed by atoms with Crippen molar-refractivity contribution in [3.05, 3.63) is 58.2 Å². The molecule has 0 saturated carbocycles. The highest BCUT2D eigenvalue weighted by atomic mass is 35.5. The van der Waals surface area contributed by atoms with Gasteiger partial charge in [0.05, 0.1) is 9.72 Å². The molecule has 0 spiro atoms. The number of anilines is 1. The monoisotopic (exact) mass is 483 g/mol. The smallest absolute Gasteiger partial charge is 0.271 e. The fraction of sp³-hybridized carbons (Fsp3) is 0.238. The summed E-state index contributed by atoms with van der Waals surface area (Å²) in [5.74, 6) is -0.583. The summed E-state index contributed by atoms with van der Waals surface area (Å²) in [6, 6.07) is 12.5. The Balaban J connectivity index is 0.00000256. The molecule has 0 unspecified atom stereocenters. The van der Waals surface area contributed by atoms with Gasteiger partial charge in [-0.15, -0.1) is 23.7 Å². The lowest BCUT2D eigenvalue weighted by Crippen LogP contribution is -2.33. The Morgan fingerprint density at radius 2 is 1.80 bits per heavy atom. The maximum atomic E-state index is 14.2. The van der Waals surface area contributed by atoms with Crippen LogP contribution in [0.1, 0.15) is 16.1 Å². The highest BCUT2D eigenvalue weighted by Gasteiger charge is 2.26. The van der Waals surface area contributed by atoms with Crippen molar-refractivity contribution in [1.82, 2.24) is 9.88 Å². The number of carbonyl (C=O) groups is 1. The van der Waals surface area contributed by atoms with Crippen LogP contribution in [0.15, 0.2) is 42.5 Å².